The predicted molar refractivity (Wildman–Crippen MR) is 99.9 cm³/mol. The number of alkyl halides is 3. The fraction of sp³-hybridized carbons (Fsp3) is 0.100. The molecule has 0 unspecified atom stereocenters. The average Bonchev–Trinajstić information content (AvgIpc) is 2.68. The highest BCUT2D eigenvalue weighted by atomic mass is 19.4. The highest BCUT2D eigenvalue weighted by molar-refractivity contribution is 6.05. The number of anilines is 3. The number of carbonyl (C=O) groups is 1. The molecule has 5 nitrogen and oxygen atoms in total. The van der Waals surface area contributed by atoms with E-state index in [1.165, 1.54) is 37.6 Å². The van der Waals surface area contributed by atoms with E-state index >= 15 is 0 Å². The molecule has 144 valence electrons. The van der Waals surface area contributed by atoms with Crippen molar-refractivity contribution in [3.63, 3.8) is 0 Å². The number of aromatic nitrogens is 1. The fourth-order valence-electron chi connectivity index (χ4n) is 2.50. The highest BCUT2D eigenvalue weighted by Gasteiger charge is 2.30. The van der Waals surface area contributed by atoms with Gasteiger partial charge < -0.3 is 15.4 Å². The maximum atomic E-state index is 12.8. The van der Waals surface area contributed by atoms with Crippen molar-refractivity contribution in [1.82, 2.24) is 4.98 Å². The van der Waals surface area contributed by atoms with Crippen LogP contribution in [0.25, 0.3) is 0 Å². The van der Waals surface area contributed by atoms with Crippen LogP contribution in [0.1, 0.15) is 15.9 Å². The second-order valence-electron chi connectivity index (χ2n) is 5.79. The first kappa shape index (κ1) is 19.2. The number of hydrogen-bond acceptors (Lipinski definition) is 4. The molecule has 1 heterocycles. The molecule has 0 bridgehead atoms. The lowest BCUT2D eigenvalue weighted by atomic mass is 10.2. The summed E-state index contributed by atoms with van der Waals surface area (Å²) in [4.78, 5) is 16.6. The number of nitrogens with one attached hydrogen (secondary N) is 2. The molecule has 1 amide bonds. The molecule has 3 rings (SSSR count). The van der Waals surface area contributed by atoms with Gasteiger partial charge in [0.1, 0.15) is 11.6 Å². The lowest BCUT2D eigenvalue weighted by Gasteiger charge is -2.12. The van der Waals surface area contributed by atoms with E-state index in [4.69, 9.17) is 4.74 Å². The molecule has 0 saturated heterocycles. The molecular weight excluding hydrogens is 371 g/mol. The molecule has 0 spiro atoms. The van der Waals surface area contributed by atoms with Gasteiger partial charge in [0.05, 0.1) is 18.4 Å². The summed E-state index contributed by atoms with van der Waals surface area (Å²) >= 11 is 0. The number of halogens is 3. The first-order chi connectivity index (χ1) is 13.4. The standard InChI is InChI=1S/C20H16F3N3O2/c1-28-17-8-3-2-7-16(17)26-19(27)13-9-10-24-18(11-13)25-15-6-4-5-14(12-15)20(21,22)23/h2-12H,1H3,(H,24,25)(H,26,27). The van der Waals surface area contributed by atoms with Crippen LogP contribution in [0, 0.1) is 0 Å². The third-order valence-electron chi connectivity index (χ3n) is 3.84. The number of nitrogens with zero attached hydrogens (tertiary/aromatic N) is 1. The summed E-state index contributed by atoms with van der Waals surface area (Å²) in [7, 11) is 1.49. The van der Waals surface area contributed by atoms with Crippen LogP contribution in [0.4, 0.5) is 30.4 Å². The zero-order valence-electron chi connectivity index (χ0n) is 14.7. The molecule has 0 aliphatic carbocycles. The summed E-state index contributed by atoms with van der Waals surface area (Å²) in [5.74, 6) is 0.346. The Labute approximate surface area is 159 Å². The minimum atomic E-state index is -4.44. The number of rotatable bonds is 5. The molecule has 2 aromatic carbocycles. The average molecular weight is 387 g/mol. The Balaban J connectivity index is 1.78. The van der Waals surface area contributed by atoms with Crippen molar-refractivity contribution in [2.75, 3.05) is 17.7 Å². The number of benzene rings is 2. The molecule has 0 radical (unpaired) electrons. The quantitative estimate of drug-likeness (QED) is 0.639. The number of hydrogen-bond donors (Lipinski definition) is 2. The van der Waals surface area contributed by atoms with Crippen LogP contribution in [-0.4, -0.2) is 18.0 Å². The number of ether oxygens (including phenoxy) is 1. The summed E-state index contributed by atoms with van der Waals surface area (Å²) in [5, 5.41) is 5.51. The van der Waals surface area contributed by atoms with Crippen LogP contribution in [0.3, 0.4) is 0 Å². The Bertz CT molecular complexity index is 990. The van der Waals surface area contributed by atoms with Crippen LogP contribution in [-0.2, 0) is 6.18 Å². The summed E-state index contributed by atoms with van der Waals surface area (Å²) in [6, 6.07) is 14.6. The number of amides is 1. The normalized spacial score (nSPS) is 11.0. The summed E-state index contributed by atoms with van der Waals surface area (Å²) in [6.07, 6.45) is -3.05. The maximum Gasteiger partial charge on any atom is 0.416 e. The number of methoxy groups -OCH3 is 1. The minimum absolute atomic E-state index is 0.213. The molecule has 0 atom stereocenters. The molecule has 8 heteroatoms. The van der Waals surface area contributed by atoms with Gasteiger partial charge in [0, 0.05) is 17.4 Å². The Morgan fingerprint density at radius 3 is 2.57 bits per heavy atom. The van der Waals surface area contributed by atoms with E-state index in [-0.39, 0.29) is 17.1 Å². The SMILES string of the molecule is COc1ccccc1NC(=O)c1ccnc(Nc2cccc(C(F)(F)F)c2)c1. The third-order valence-corrected chi connectivity index (χ3v) is 3.84. The monoisotopic (exact) mass is 387 g/mol. The van der Waals surface area contributed by atoms with Crippen molar-refractivity contribution in [3.05, 3.63) is 78.0 Å². The third kappa shape index (κ3) is 4.59. The first-order valence-electron chi connectivity index (χ1n) is 8.21. The van der Waals surface area contributed by atoms with Gasteiger partial charge in [-0.15, -0.1) is 0 Å². The summed E-state index contributed by atoms with van der Waals surface area (Å²) in [6.45, 7) is 0. The van der Waals surface area contributed by atoms with Crippen molar-refractivity contribution >= 4 is 23.1 Å². The lowest BCUT2D eigenvalue weighted by Crippen LogP contribution is -2.13. The van der Waals surface area contributed by atoms with Gasteiger partial charge in [-0.05, 0) is 42.5 Å². The van der Waals surface area contributed by atoms with Gasteiger partial charge in [-0.2, -0.15) is 13.2 Å². The molecule has 28 heavy (non-hydrogen) atoms. The van der Waals surface area contributed by atoms with Gasteiger partial charge in [0.25, 0.3) is 5.91 Å². The second-order valence-corrected chi connectivity index (χ2v) is 5.79. The second kappa shape index (κ2) is 7.99. The van der Waals surface area contributed by atoms with E-state index in [1.807, 2.05) is 0 Å². The van der Waals surface area contributed by atoms with Gasteiger partial charge >= 0.3 is 6.18 Å². The van der Waals surface area contributed by atoms with Gasteiger partial charge in [0.2, 0.25) is 0 Å². The van der Waals surface area contributed by atoms with E-state index < -0.39 is 17.6 Å². The summed E-state index contributed by atoms with van der Waals surface area (Å²) in [5.41, 5.74) is 0.224. The molecule has 0 fully saturated rings. The van der Waals surface area contributed by atoms with Crippen LogP contribution in [0.15, 0.2) is 66.9 Å². The van der Waals surface area contributed by atoms with Crippen molar-refractivity contribution in [2.45, 2.75) is 6.18 Å². The Morgan fingerprint density at radius 1 is 1.04 bits per heavy atom. The molecule has 1 aromatic heterocycles. The Kier molecular flexibility index (Phi) is 5.49. The van der Waals surface area contributed by atoms with Gasteiger partial charge in [0.15, 0.2) is 0 Å². The van der Waals surface area contributed by atoms with E-state index in [0.29, 0.717) is 11.4 Å². The largest absolute Gasteiger partial charge is 0.495 e. The molecule has 2 N–H and O–H groups in total. The Morgan fingerprint density at radius 2 is 1.82 bits per heavy atom. The van der Waals surface area contributed by atoms with Crippen LogP contribution < -0.4 is 15.4 Å². The van der Waals surface area contributed by atoms with E-state index in [9.17, 15) is 18.0 Å². The lowest BCUT2D eigenvalue weighted by molar-refractivity contribution is -0.137. The van der Waals surface area contributed by atoms with E-state index in [2.05, 4.69) is 15.6 Å². The van der Waals surface area contributed by atoms with E-state index in [0.717, 1.165) is 12.1 Å². The zero-order chi connectivity index (χ0) is 20.1. The number of pyridine rings is 1. The van der Waals surface area contributed by atoms with Crippen LogP contribution >= 0.6 is 0 Å². The van der Waals surface area contributed by atoms with Gasteiger partial charge in [-0.1, -0.05) is 18.2 Å². The molecular formula is C20H16F3N3O2. The minimum Gasteiger partial charge on any atom is -0.495 e. The smallest absolute Gasteiger partial charge is 0.416 e. The molecule has 0 aliphatic rings. The Hall–Kier alpha value is -3.55. The van der Waals surface area contributed by atoms with Crippen molar-refractivity contribution in [1.29, 1.82) is 0 Å². The summed E-state index contributed by atoms with van der Waals surface area (Å²) < 4.78 is 43.7. The molecule has 0 saturated carbocycles. The number of para-hydroxylation sites is 2. The topological polar surface area (TPSA) is 63.2 Å². The van der Waals surface area contributed by atoms with Gasteiger partial charge in [-0.3, -0.25) is 4.79 Å². The van der Waals surface area contributed by atoms with Crippen LogP contribution in [0.5, 0.6) is 5.75 Å². The number of carbonyl (C=O) groups excluding carboxylic acids is 1. The fourth-order valence-corrected chi connectivity index (χ4v) is 2.50. The predicted octanol–water partition coefficient (Wildman–Crippen LogP) is 5.10. The molecule has 3 aromatic rings. The van der Waals surface area contributed by atoms with Crippen molar-refractivity contribution in [2.24, 2.45) is 0 Å². The zero-order valence-corrected chi connectivity index (χ0v) is 14.7. The van der Waals surface area contributed by atoms with Gasteiger partial charge in [-0.25, -0.2) is 4.98 Å². The van der Waals surface area contributed by atoms with Crippen LogP contribution in [0.2, 0.25) is 0 Å². The molecule has 0 aliphatic heterocycles. The van der Waals surface area contributed by atoms with Crippen molar-refractivity contribution in [3.8, 4) is 5.75 Å². The first-order valence-corrected chi connectivity index (χ1v) is 8.21. The van der Waals surface area contributed by atoms with E-state index in [1.54, 1.807) is 24.3 Å². The maximum absolute atomic E-state index is 12.8. The van der Waals surface area contributed by atoms with Crippen molar-refractivity contribution < 1.29 is 22.7 Å². The highest BCUT2D eigenvalue weighted by Crippen LogP contribution is 2.31.